The summed E-state index contributed by atoms with van der Waals surface area (Å²) in [5.41, 5.74) is 1.89. The van der Waals surface area contributed by atoms with Gasteiger partial charge in [-0.1, -0.05) is 54.1 Å². The van der Waals surface area contributed by atoms with Gasteiger partial charge in [0.25, 0.3) is 0 Å². The van der Waals surface area contributed by atoms with E-state index in [2.05, 4.69) is 10.6 Å². The van der Waals surface area contributed by atoms with Gasteiger partial charge in [-0.15, -0.1) is 0 Å². The van der Waals surface area contributed by atoms with E-state index < -0.39 is 41.1 Å². The molecule has 0 radical (unpaired) electrons. The fourth-order valence-electron chi connectivity index (χ4n) is 4.09. The van der Waals surface area contributed by atoms with Crippen molar-refractivity contribution in [2.24, 2.45) is 0 Å². The zero-order valence-electron chi connectivity index (χ0n) is 23.7. The molecule has 0 heterocycles. The molecule has 2 aromatic carbocycles. The van der Waals surface area contributed by atoms with E-state index in [1.54, 1.807) is 20.8 Å². The molecule has 0 saturated heterocycles. The first-order chi connectivity index (χ1) is 17.6. The molecule has 0 aliphatic heterocycles. The molecular weight excluding hydrogens is 480 g/mol. The number of hydrogen-bond donors (Lipinski definition) is 2. The highest BCUT2D eigenvalue weighted by molar-refractivity contribution is 5.93. The van der Waals surface area contributed by atoms with E-state index in [1.165, 1.54) is 4.90 Å². The number of nitrogens with one attached hydrogen (secondary N) is 2. The number of amides is 3. The number of aryl methyl sites for hydroxylation is 2. The quantitative estimate of drug-likeness (QED) is 0.488. The number of ether oxygens (including phenoxy) is 1. The van der Waals surface area contributed by atoms with Gasteiger partial charge in [-0.05, 0) is 72.1 Å². The SMILES string of the molecule is Cc1ccc(C(C(=O)NC(C)(C)C)N(CC#N)C(=O)C(Cc2ccccc2)NC(=O)OC(C)(C)C)c(C)c1. The third kappa shape index (κ3) is 9.22. The second kappa shape index (κ2) is 12.6. The lowest BCUT2D eigenvalue weighted by Gasteiger charge is -2.35. The molecule has 8 heteroatoms. The Bertz CT molecular complexity index is 1170. The summed E-state index contributed by atoms with van der Waals surface area (Å²) in [6.45, 7) is 14.2. The molecule has 0 saturated carbocycles. The zero-order chi connectivity index (χ0) is 28.7. The molecule has 0 spiro atoms. The van der Waals surface area contributed by atoms with E-state index in [9.17, 15) is 19.6 Å². The number of alkyl carbamates (subject to hydrolysis) is 1. The number of carbonyl (C=O) groups excluding carboxylic acids is 3. The first-order valence-electron chi connectivity index (χ1n) is 12.7. The molecule has 0 aliphatic carbocycles. The Balaban J connectivity index is 2.58. The van der Waals surface area contributed by atoms with Crippen molar-refractivity contribution in [3.63, 3.8) is 0 Å². The second-order valence-corrected chi connectivity index (χ2v) is 11.5. The summed E-state index contributed by atoms with van der Waals surface area (Å²) in [6, 6.07) is 14.7. The van der Waals surface area contributed by atoms with E-state index >= 15 is 0 Å². The fourth-order valence-corrected chi connectivity index (χ4v) is 4.09. The molecule has 0 aromatic heterocycles. The minimum Gasteiger partial charge on any atom is -0.444 e. The third-order valence-electron chi connectivity index (χ3n) is 5.57. The molecule has 2 atom stereocenters. The normalized spacial score (nSPS) is 13.0. The highest BCUT2D eigenvalue weighted by Crippen LogP contribution is 2.27. The Labute approximate surface area is 226 Å². The van der Waals surface area contributed by atoms with Gasteiger partial charge in [0.1, 0.15) is 24.2 Å². The largest absolute Gasteiger partial charge is 0.444 e. The van der Waals surface area contributed by atoms with Crippen molar-refractivity contribution < 1.29 is 19.1 Å². The summed E-state index contributed by atoms with van der Waals surface area (Å²) in [5, 5.41) is 15.4. The van der Waals surface area contributed by atoms with E-state index in [0.717, 1.165) is 16.7 Å². The van der Waals surface area contributed by atoms with Crippen molar-refractivity contribution in [3.05, 3.63) is 70.8 Å². The average Bonchev–Trinajstić information content (AvgIpc) is 2.77. The maximum Gasteiger partial charge on any atom is 0.408 e. The lowest BCUT2D eigenvalue weighted by Crippen LogP contribution is -2.55. The van der Waals surface area contributed by atoms with Gasteiger partial charge in [0.15, 0.2) is 0 Å². The monoisotopic (exact) mass is 520 g/mol. The average molecular weight is 521 g/mol. The van der Waals surface area contributed by atoms with Crippen LogP contribution in [0.25, 0.3) is 0 Å². The number of nitrogens with zero attached hydrogens (tertiary/aromatic N) is 2. The topological polar surface area (TPSA) is 112 Å². The number of hydrogen-bond acceptors (Lipinski definition) is 5. The summed E-state index contributed by atoms with van der Waals surface area (Å²) in [5.74, 6) is -0.973. The van der Waals surface area contributed by atoms with Crippen LogP contribution in [0, 0.1) is 25.2 Å². The van der Waals surface area contributed by atoms with Crippen molar-refractivity contribution in [2.45, 2.75) is 85.0 Å². The van der Waals surface area contributed by atoms with Crippen LogP contribution in [0.1, 0.15) is 69.8 Å². The highest BCUT2D eigenvalue weighted by Gasteiger charge is 2.38. The molecule has 0 bridgehead atoms. The molecule has 204 valence electrons. The van der Waals surface area contributed by atoms with Gasteiger partial charge in [-0.25, -0.2) is 4.79 Å². The number of carbonyl (C=O) groups is 3. The minimum absolute atomic E-state index is 0.154. The second-order valence-electron chi connectivity index (χ2n) is 11.5. The van der Waals surface area contributed by atoms with Gasteiger partial charge >= 0.3 is 6.09 Å². The standard InChI is InChI=1S/C30H40N4O4/c1-20-14-15-23(21(2)18-20)25(26(35)33-29(3,4)5)34(17-16-31)27(36)24(19-22-12-10-9-11-13-22)32-28(37)38-30(6,7)8/h9-15,18,24-25H,17,19H2,1-8H3,(H,32,37)(H,33,35). The van der Waals surface area contributed by atoms with Crippen LogP contribution in [0.5, 0.6) is 0 Å². The van der Waals surface area contributed by atoms with Gasteiger partial charge in [0, 0.05) is 12.0 Å². The summed E-state index contributed by atoms with van der Waals surface area (Å²) < 4.78 is 5.42. The maximum atomic E-state index is 14.1. The Morgan fingerprint density at radius 1 is 1.00 bits per heavy atom. The molecule has 2 rings (SSSR count). The highest BCUT2D eigenvalue weighted by atomic mass is 16.6. The van der Waals surface area contributed by atoms with Gasteiger partial charge in [-0.2, -0.15) is 5.26 Å². The zero-order valence-corrected chi connectivity index (χ0v) is 23.7. The van der Waals surface area contributed by atoms with Crippen molar-refractivity contribution >= 4 is 17.9 Å². The van der Waals surface area contributed by atoms with Crippen LogP contribution >= 0.6 is 0 Å². The van der Waals surface area contributed by atoms with Crippen molar-refractivity contribution in [1.82, 2.24) is 15.5 Å². The minimum atomic E-state index is -1.08. The summed E-state index contributed by atoms with van der Waals surface area (Å²) in [4.78, 5) is 41.8. The van der Waals surface area contributed by atoms with Gasteiger partial charge in [0.2, 0.25) is 11.8 Å². The van der Waals surface area contributed by atoms with Gasteiger partial charge in [-0.3, -0.25) is 9.59 Å². The fraction of sp³-hybridized carbons (Fsp3) is 0.467. The van der Waals surface area contributed by atoms with Crippen molar-refractivity contribution in [2.75, 3.05) is 6.54 Å². The first kappa shape index (κ1) is 30.4. The Kier molecular flexibility index (Phi) is 10.1. The molecule has 0 fully saturated rings. The lowest BCUT2D eigenvalue weighted by molar-refractivity contribution is -0.142. The molecule has 3 amide bonds. The summed E-state index contributed by atoms with van der Waals surface area (Å²) in [7, 11) is 0. The van der Waals surface area contributed by atoms with Crippen LogP contribution in [0.2, 0.25) is 0 Å². The Morgan fingerprint density at radius 2 is 1.63 bits per heavy atom. The summed E-state index contributed by atoms with van der Waals surface area (Å²) in [6.07, 6.45) is -0.604. The van der Waals surface area contributed by atoms with Crippen molar-refractivity contribution in [1.29, 1.82) is 5.26 Å². The van der Waals surface area contributed by atoms with Crippen molar-refractivity contribution in [3.8, 4) is 6.07 Å². The Morgan fingerprint density at radius 3 is 2.16 bits per heavy atom. The van der Waals surface area contributed by atoms with Crippen LogP contribution in [0.3, 0.4) is 0 Å². The number of benzene rings is 2. The smallest absolute Gasteiger partial charge is 0.408 e. The first-order valence-corrected chi connectivity index (χ1v) is 12.7. The molecular formula is C30H40N4O4. The predicted molar refractivity (Wildman–Crippen MR) is 147 cm³/mol. The molecule has 0 aliphatic rings. The number of nitriles is 1. The Hall–Kier alpha value is -3.86. The van der Waals surface area contributed by atoms with E-state index in [4.69, 9.17) is 4.74 Å². The maximum absolute atomic E-state index is 14.1. The van der Waals surface area contributed by atoms with Crippen LogP contribution in [-0.4, -0.2) is 46.5 Å². The molecule has 2 aromatic rings. The molecule has 38 heavy (non-hydrogen) atoms. The summed E-state index contributed by atoms with van der Waals surface area (Å²) >= 11 is 0. The van der Waals surface area contributed by atoms with Crippen LogP contribution in [-0.2, 0) is 20.7 Å². The predicted octanol–water partition coefficient (Wildman–Crippen LogP) is 4.75. The molecule has 2 N–H and O–H groups in total. The molecule has 8 nitrogen and oxygen atoms in total. The third-order valence-corrected chi connectivity index (χ3v) is 5.57. The number of rotatable bonds is 8. The lowest BCUT2D eigenvalue weighted by atomic mass is 9.95. The van der Waals surface area contributed by atoms with Gasteiger partial charge < -0.3 is 20.3 Å². The van der Waals surface area contributed by atoms with Crippen LogP contribution in [0.4, 0.5) is 4.79 Å². The molecule has 2 unspecified atom stereocenters. The van der Waals surface area contributed by atoms with Crippen LogP contribution in [0.15, 0.2) is 48.5 Å². The van der Waals surface area contributed by atoms with Gasteiger partial charge in [0.05, 0.1) is 6.07 Å². The van der Waals surface area contributed by atoms with E-state index in [-0.39, 0.29) is 13.0 Å². The van der Waals surface area contributed by atoms with E-state index in [1.807, 2.05) is 89.2 Å². The van der Waals surface area contributed by atoms with Crippen LogP contribution < -0.4 is 10.6 Å². The van der Waals surface area contributed by atoms with E-state index in [0.29, 0.717) is 5.56 Å².